The number of likely N-dealkylation sites (N-methyl/N-ethyl adjacent to an activating group) is 1. The number of rotatable bonds is 21. The first-order valence-electron chi connectivity index (χ1n) is 26.2. The van der Waals surface area contributed by atoms with Gasteiger partial charge in [0.1, 0.15) is 17.5 Å². The molecule has 3 atom stereocenters. The Morgan fingerprint density at radius 2 is 1.51 bits per heavy atom. The number of primary amides is 1. The van der Waals surface area contributed by atoms with Crippen molar-refractivity contribution in [1.82, 2.24) is 46.3 Å². The lowest BCUT2D eigenvalue weighted by molar-refractivity contribution is -0.137. The van der Waals surface area contributed by atoms with Crippen molar-refractivity contribution in [2.75, 3.05) is 88.8 Å². The molecule has 0 bridgehead atoms. The fraction of sp³-hybridized carbons (Fsp3) is 0.463. The molecule has 5 heterocycles. The number of carbonyl (C=O) groups excluding carboxylic acids is 9. The molecular weight excluding hydrogens is 977 g/mol. The number of carbonyl (C=O) groups is 9. The third kappa shape index (κ3) is 12.3. The van der Waals surface area contributed by atoms with Crippen molar-refractivity contribution in [2.45, 2.75) is 77.3 Å². The second-order valence-electron chi connectivity index (χ2n) is 20.0. The molecule has 3 aromatic carbocycles. The third-order valence-electron chi connectivity index (χ3n) is 14.6. The zero-order chi connectivity index (χ0) is 54.2. The number of imide groups is 1. The van der Waals surface area contributed by atoms with Gasteiger partial charge in [-0.25, -0.2) is 9.59 Å². The molecule has 4 aromatic rings. The predicted molar refractivity (Wildman–Crippen MR) is 285 cm³/mol. The zero-order valence-corrected chi connectivity index (χ0v) is 43.5. The van der Waals surface area contributed by atoms with Crippen LogP contribution in [0.5, 0.6) is 5.75 Å². The molecule has 8 rings (SSSR count). The molecule has 8 N–H and O–H groups in total. The Kier molecular flexibility index (Phi) is 17.3. The van der Waals surface area contributed by atoms with Crippen LogP contribution in [-0.2, 0) is 35.2 Å². The minimum atomic E-state index is -1.02. The van der Waals surface area contributed by atoms with E-state index in [1.807, 2.05) is 55.6 Å². The van der Waals surface area contributed by atoms with E-state index >= 15 is 0 Å². The van der Waals surface area contributed by atoms with E-state index in [9.17, 15) is 43.2 Å². The molecule has 76 heavy (non-hydrogen) atoms. The van der Waals surface area contributed by atoms with Gasteiger partial charge in [0.25, 0.3) is 17.7 Å². The lowest BCUT2D eigenvalue weighted by atomic mass is 9.93. The van der Waals surface area contributed by atoms with Crippen molar-refractivity contribution >= 4 is 86.5 Å². The molecule has 1 saturated heterocycles. The number of nitrogens with zero attached hydrogens (tertiary/aromatic N) is 5. The summed E-state index contributed by atoms with van der Waals surface area (Å²) in [5, 5.41) is 16.4. The zero-order valence-electron chi connectivity index (χ0n) is 43.5. The lowest BCUT2D eigenvalue weighted by Crippen LogP contribution is -2.56. The van der Waals surface area contributed by atoms with Gasteiger partial charge in [0.2, 0.25) is 23.6 Å². The summed E-state index contributed by atoms with van der Waals surface area (Å²) in [7, 11) is 2.02. The van der Waals surface area contributed by atoms with Gasteiger partial charge in [-0.2, -0.15) is 0 Å². The Morgan fingerprint density at radius 3 is 2.21 bits per heavy atom. The van der Waals surface area contributed by atoms with E-state index in [-0.39, 0.29) is 75.1 Å². The molecule has 22 nitrogen and oxygen atoms in total. The standard InChI is InChI=1S/C54H68N12O10/c1-5-33-31-66(42-29-43(35-10-6-7-11-36(35)48(33)42)76-54(75)63-26-24-62(4)25-27-63)52(73)40-28-37-34-18-23-64(41(34)15-14-38(37)60-40)51(72)39(12-8-19-58-53(55)74)61-50(71)49(32(2)3)59-30-45(68)57-21-20-56-44(67)13-9-22-65-46(69)16-17-47(65)70/h6-7,10-11,14-17,28-29,32-33,39,49,59-60H,5,8-9,12-13,18-27,30-31H2,1-4H3,(H,56,67)(H,57,68)(H,61,71)(H3,55,58,74)/t33-,39+,49+/m1/s1. The lowest BCUT2D eigenvalue weighted by Gasteiger charge is -2.31. The quantitative estimate of drug-likeness (QED) is 0.0469. The van der Waals surface area contributed by atoms with Crippen LogP contribution in [0.25, 0.3) is 21.7 Å². The molecule has 4 aliphatic heterocycles. The maximum Gasteiger partial charge on any atom is 0.415 e. The minimum Gasteiger partial charge on any atom is -0.409 e. The van der Waals surface area contributed by atoms with E-state index in [1.54, 1.807) is 28.5 Å². The second-order valence-corrected chi connectivity index (χ2v) is 20.0. The predicted octanol–water partition coefficient (Wildman–Crippen LogP) is 2.60. The number of fused-ring (bicyclic) bond motifs is 6. The monoisotopic (exact) mass is 1040 g/mol. The Labute approximate surface area is 440 Å². The molecule has 0 spiro atoms. The highest BCUT2D eigenvalue weighted by molar-refractivity contribution is 6.14. The number of piperazine rings is 1. The molecule has 22 heteroatoms. The number of benzene rings is 3. The minimum absolute atomic E-state index is 0.0369. The molecule has 404 valence electrons. The smallest absolute Gasteiger partial charge is 0.409 e. The van der Waals surface area contributed by atoms with E-state index in [0.29, 0.717) is 73.8 Å². The third-order valence-corrected chi connectivity index (χ3v) is 14.6. The fourth-order valence-corrected chi connectivity index (χ4v) is 10.4. The number of ether oxygens (including phenoxy) is 1. The number of H-pyrrole nitrogens is 1. The van der Waals surface area contributed by atoms with Crippen LogP contribution in [0.1, 0.15) is 80.4 Å². The van der Waals surface area contributed by atoms with E-state index in [1.165, 1.54) is 12.2 Å². The molecule has 0 saturated carbocycles. The number of hydrogen-bond donors (Lipinski definition) is 7. The Balaban J connectivity index is 0.921. The first kappa shape index (κ1) is 54.4. The van der Waals surface area contributed by atoms with Crippen LogP contribution >= 0.6 is 0 Å². The maximum atomic E-state index is 14.7. The summed E-state index contributed by atoms with van der Waals surface area (Å²) in [5.41, 5.74) is 9.60. The second kappa shape index (κ2) is 24.2. The van der Waals surface area contributed by atoms with Crippen LogP contribution in [0.15, 0.2) is 60.7 Å². The molecule has 0 unspecified atom stereocenters. The highest BCUT2D eigenvalue weighted by atomic mass is 16.6. The number of amides is 10. The molecule has 1 aromatic heterocycles. The highest BCUT2D eigenvalue weighted by Crippen LogP contribution is 2.47. The number of hydrogen-bond acceptors (Lipinski definition) is 12. The van der Waals surface area contributed by atoms with Crippen molar-refractivity contribution in [3.63, 3.8) is 0 Å². The van der Waals surface area contributed by atoms with E-state index in [0.717, 1.165) is 51.7 Å². The van der Waals surface area contributed by atoms with Gasteiger partial charge in [-0.05, 0) is 79.8 Å². The molecular formula is C54H68N12O10. The molecule has 0 radical (unpaired) electrons. The van der Waals surface area contributed by atoms with E-state index in [2.05, 4.69) is 43.4 Å². The summed E-state index contributed by atoms with van der Waals surface area (Å²) in [6, 6.07) is 12.5. The Morgan fingerprint density at radius 1 is 0.803 bits per heavy atom. The Hall–Kier alpha value is -7.85. The number of anilines is 2. The average Bonchev–Trinajstić information content (AvgIpc) is 4.22. The van der Waals surface area contributed by atoms with Crippen LogP contribution < -0.4 is 46.9 Å². The number of nitrogens with one attached hydrogen (secondary N) is 6. The van der Waals surface area contributed by atoms with Crippen LogP contribution in [0.4, 0.5) is 21.0 Å². The van der Waals surface area contributed by atoms with Crippen molar-refractivity contribution < 1.29 is 47.9 Å². The topological polar surface area (TPSA) is 281 Å². The summed E-state index contributed by atoms with van der Waals surface area (Å²) in [5.74, 6) is -2.55. The number of urea groups is 1. The fourth-order valence-electron chi connectivity index (χ4n) is 10.4. The van der Waals surface area contributed by atoms with Gasteiger partial charge < -0.3 is 56.3 Å². The van der Waals surface area contributed by atoms with E-state index < -0.39 is 47.8 Å². The van der Waals surface area contributed by atoms with Gasteiger partial charge in [-0.1, -0.05) is 45.0 Å². The summed E-state index contributed by atoms with van der Waals surface area (Å²) >= 11 is 0. The van der Waals surface area contributed by atoms with Crippen LogP contribution in [0.2, 0.25) is 0 Å². The summed E-state index contributed by atoms with van der Waals surface area (Å²) in [4.78, 5) is 129. The van der Waals surface area contributed by atoms with Crippen molar-refractivity contribution in [2.24, 2.45) is 11.7 Å². The molecule has 10 amide bonds. The van der Waals surface area contributed by atoms with Crippen molar-refractivity contribution in [3.05, 3.63) is 77.5 Å². The first-order valence-corrected chi connectivity index (χ1v) is 26.2. The van der Waals surface area contributed by atoms with Crippen LogP contribution in [-0.4, -0.2) is 164 Å². The summed E-state index contributed by atoms with van der Waals surface area (Å²) < 4.78 is 6.12. The van der Waals surface area contributed by atoms with Gasteiger partial charge in [-0.3, -0.25) is 43.8 Å². The molecule has 4 aliphatic rings. The van der Waals surface area contributed by atoms with Crippen molar-refractivity contribution in [1.29, 1.82) is 0 Å². The number of aromatic nitrogens is 1. The normalized spacial score (nSPS) is 17.0. The van der Waals surface area contributed by atoms with E-state index in [4.69, 9.17) is 10.5 Å². The van der Waals surface area contributed by atoms with Gasteiger partial charge in [0.15, 0.2) is 0 Å². The highest BCUT2D eigenvalue weighted by Gasteiger charge is 2.38. The average molecular weight is 1050 g/mol. The van der Waals surface area contributed by atoms with Gasteiger partial charge in [-0.15, -0.1) is 0 Å². The molecule has 0 aliphatic carbocycles. The Bertz CT molecular complexity index is 2930. The maximum absolute atomic E-state index is 14.7. The SMILES string of the molecule is CC[C@@H]1CN(C(=O)c2cc3c4c(ccc3[nH]2)N(C(=O)[C@H](CCCNC(N)=O)NC(=O)[C@@H](NCC(=O)NCCNC(=O)CCCN2C(=O)C=CC2=O)C(C)C)CC4)c2cc(OC(=O)N3CCN(C)CC3)c3ccccc3c21. The summed E-state index contributed by atoms with van der Waals surface area (Å²) in [6.07, 6.45) is 4.05. The number of nitrogens with two attached hydrogens (primary N) is 1. The van der Waals surface area contributed by atoms with Crippen molar-refractivity contribution in [3.8, 4) is 5.75 Å². The number of aromatic amines is 1. The van der Waals surface area contributed by atoms with Gasteiger partial charge in [0.05, 0.1) is 18.3 Å². The molecule has 1 fully saturated rings. The largest absolute Gasteiger partial charge is 0.415 e. The van der Waals surface area contributed by atoms with Gasteiger partial charge >= 0.3 is 12.1 Å². The van der Waals surface area contributed by atoms with Crippen LogP contribution in [0, 0.1) is 5.92 Å². The first-order chi connectivity index (χ1) is 36.5. The summed E-state index contributed by atoms with van der Waals surface area (Å²) in [6.45, 7) is 9.34. The van der Waals surface area contributed by atoms with Crippen LogP contribution in [0.3, 0.4) is 0 Å². The van der Waals surface area contributed by atoms with Gasteiger partial charge in [0, 0.05) is 118 Å².